The molecule has 3 nitrogen and oxygen atoms in total. The van der Waals surface area contributed by atoms with Crippen molar-refractivity contribution in [3.05, 3.63) is 33.8 Å². The molecule has 0 atom stereocenters. The molecular formula is C17H24Cl2N2O. The zero-order valence-corrected chi connectivity index (χ0v) is 14.7. The molecule has 1 aromatic carbocycles. The van der Waals surface area contributed by atoms with Crippen molar-refractivity contribution in [3.8, 4) is 0 Å². The summed E-state index contributed by atoms with van der Waals surface area (Å²) in [5.41, 5.74) is 0.351. The Bertz CT molecular complexity index is 503. The topological polar surface area (TPSA) is 41.1 Å². The van der Waals surface area contributed by atoms with E-state index in [1.54, 1.807) is 6.07 Å². The second-order valence-corrected chi connectivity index (χ2v) is 7.44. The Kier molecular flexibility index (Phi) is 5.99. The van der Waals surface area contributed by atoms with Crippen LogP contribution < -0.4 is 10.6 Å². The van der Waals surface area contributed by atoms with Crippen LogP contribution in [-0.2, 0) is 5.54 Å². The monoisotopic (exact) mass is 342 g/mol. The van der Waals surface area contributed by atoms with Crippen molar-refractivity contribution in [2.75, 3.05) is 0 Å². The fourth-order valence-electron chi connectivity index (χ4n) is 2.92. The van der Waals surface area contributed by atoms with Gasteiger partial charge in [-0.3, -0.25) is 0 Å². The van der Waals surface area contributed by atoms with Crippen LogP contribution in [0.3, 0.4) is 0 Å². The number of hydrogen-bond acceptors (Lipinski definition) is 1. The van der Waals surface area contributed by atoms with Crippen molar-refractivity contribution in [3.63, 3.8) is 0 Å². The van der Waals surface area contributed by atoms with E-state index in [1.807, 2.05) is 26.0 Å². The zero-order chi connectivity index (χ0) is 16.2. The van der Waals surface area contributed by atoms with Gasteiger partial charge in [-0.2, -0.15) is 0 Å². The summed E-state index contributed by atoms with van der Waals surface area (Å²) in [7, 11) is 0. The molecule has 1 saturated carbocycles. The van der Waals surface area contributed by atoms with Gasteiger partial charge in [0.1, 0.15) is 0 Å². The van der Waals surface area contributed by atoms with Gasteiger partial charge in [-0.15, -0.1) is 0 Å². The minimum atomic E-state index is -0.538. The van der Waals surface area contributed by atoms with Crippen LogP contribution >= 0.6 is 23.2 Å². The van der Waals surface area contributed by atoms with E-state index in [9.17, 15) is 4.79 Å². The highest BCUT2D eigenvalue weighted by Gasteiger charge is 2.25. The number of halogens is 2. The van der Waals surface area contributed by atoms with Crippen LogP contribution in [0.2, 0.25) is 10.0 Å². The van der Waals surface area contributed by atoms with Gasteiger partial charge in [-0.05, 0) is 50.5 Å². The third kappa shape index (κ3) is 5.06. The number of carbonyl (C=O) groups excluding carboxylic acids is 1. The Morgan fingerprint density at radius 2 is 1.59 bits per heavy atom. The third-order valence-electron chi connectivity index (χ3n) is 4.20. The molecular weight excluding hydrogens is 319 g/mol. The Hall–Kier alpha value is -0.930. The molecule has 0 aliphatic heterocycles. The lowest BCUT2D eigenvalue weighted by Gasteiger charge is -2.29. The molecule has 2 N–H and O–H groups in total. The summed E-state index contributed by atoms with van der Waals surface area (Å²) in [6, 6.07) is 5.50. The van der Waals surface area contributed by atoms with Gasteiger partial charge >= 0.3 is 6.03 Å². The molecule has 122 valence electrons. The van der Waals surface area contributed by atoms with Gasteiger partial charge in [0, 0.05) is 16.1 Å². The number of carbonyl (C=O) groups is 1. The molecule has 0 bridgehead atoms. The molecule has 1 fully saturated rings. The predicted molar refractivity (Wildman–Crippen MR) is 92.6 cm³/mol. The van der Waals surface area contributed by atoms with Crippen LogP contribution in [0.25, 0.3) is 0 Å². The maximum atomic E-state index is 12.3. The average molecular weight is 343 g/mol. The number of hydrogen-bond donors (Lipinski definition) is 2. The molecule has 0 unspecified atom stereocenters. The smallest absolute Gasteiger partial charge is 0.315 e. The maximum Gasteiger partial charge on any atom is 0.315 e. The van der Waals surface area contributed by atoms with Crippen LogP contribution in [0.4, 0.5) is 4.79 Å². The lowest BCUT2D eigenvalue weighted by molar-refractivity contribution is 0.224. The first-order valence-electron chi connectivity index (χ1n) is 7.92. The minimum absolute atomic E-state index is 0.131. The Balaban J connectivity index is 1.99. The number of nitrogens with one attached hydrogen (secondary N) is 2. The van der Waals surface area contributed by atoms with Crippen molar-refractivity contribution in [1.82, 2.24) is 10.6 Å². The average Bonchev–Trinajstić information content (AvgIpc) is 2.65. The summed E-state index contributed by atoms with van der Waals surface area (Å²) >= 11 is 12.1. The van der Waals surface area contributed by atoms with Gasteiger partial charge in [0.2, 0.25) is 0 Å². The molecule has 0 saturated heterocycles. The van der Waals surface area contributed by atoms with Gasteiger partial charge in [0.25, 0.3) is 0 Å². The Labute approximate surface area is 142 Å². The largest absolute Gasteiger partial charge is 0.335 e. The van der Waals surface area contributed by atoms with Crippen molar-refractivity contribution in [2.24, 2.45) is 0 Å². The van der Waals surface area contributed by atoms with Crippen molar-refractivity contribution < 1.29 is 4.79 Å². The first-order valence-corrected chi connectivity index (χ1v) is 8.68. The molecule has 0 spiro atoms. The van der Waals surface area contributed by atoms with E-state index in [-0.39, 0.29) is 12.1 Å². The third-order valence-corrected chi connectivity index (χ3v) is 4.64. The predicted octanol–water partition coefficient (Wildman–Crippen LogP) is 5.25. The standard InChI is InChI=1S/C17H24Cl2N2O/c1-17(2,12-9-13(18)11-14(19)10-12)21-16(22)20-15-7-5-3-4-6-8-15/h9-11,15H,3-8H2,1-2H3,(H2,20,21,22). The number of urea groups is 1. The van der Waals surface area contributed by atoms with Gasteiger partial charge in [-0.1, -0.05) is 48.9 Å². The molecule has 22 heavy (non-hydrogen) atoms. The highest BCUT2D eigenvalue weighted by Crippen LogP contribution is 2.27. The summed E-state index contributed by atoms with van der Waals surface area (Å²) < 4.78 is 0. The van der Waals surface area contributed by atoms with Crippen molar-refractivity contribution in [2.45, 2.75) is 64.0 Å². The maximum absolute atomic E-state index is 12.3. The van der Waals surface area contributed by atoms with Crippen molar-refractivity contribution in [1.29, 1.82) is 0 Å². The van der Waals surface area contributed by atoms with E-state index in [1.165, 1.54) is 25.7 Å². The normalized spacial score (nSPS) is 16.9. The Morgan fingerprint density at radius 3 is 2.14 bits per heavy atom. The van der Waals surface area contributed by atoms with Gasteiger partial charge < -0.3 is 10.6 Å². The van der Waals surface area contributed by atoms with E-state index in [0.717, 1.165) is 18.4 Å². The highest BCUT2D eigenvalue weighted by molar-refractivity contribution is 6.34. The molecule has 0 aromatic heterocycles. The molecule has 0 heterocycles. The summed E-state index contributed by atoms with van der Waals surface area (Å²) in [4.78, 5) is 12.3. The summed E-state index contributed by atoms with van der Waals surface area (Å²) in [6.07, 6.45) is 7.06. The molecule has 1 aliphatic carbocycles. The lowest BCUT2D eigenvalue weighted by atomic mass is 9.94. The molecule has 2 rings (SSSR count). The minimum Gasteiger partial charge on any atom is -0.335 e. The highest BCUT2D eigenvalue weighted by atomic mass is 35.5. The van der Waals surface area contributed by atoms with E-state index >= 15 is 0 Å². The Morgan fingerprint density at radius 1 is 1.05 bits per heavy atom. The van der Waals surface area contributed by atoms with Gasteiger partial charge in [0.05, 0.1) is 5.54 Å². The van der Waals surface area contributed by atoms with Gasteiger partial charge in [0.15, 0.2) is 0 Å². The number of amides is 2. The number of rotatable bonds is 3. The van der Waals surface area contributed by atoms with Crippen LogP contribution in [0.1, 0.15) is 57.9 Å². The number of benzene rings is 1. The SMILES string of the molecule is CC(C)(NC(=O)NC1CCCCCC1)c1cc(Cl)cc(Cl)c1. The molecule has 2 amide bonds. The molecule has 0 radical (unpaired) electrons. The first-order chi connectivity index (χ1) is 10.4. The molecule has 1 aliphatic rings. The van der Waals surface area contributed by atoms with Crippen LogP contribution in [0.15, 0.2) is 18.2 Å². The van der Waals surface area contributed by atoms with Crippen LogP contribution in [0, 0.1) is 0 Å². The van der Waals surface area contributed by atoms with Crippen LogP contribution in [-0.4, -0.2) is 12.1 Å². The van der Waals surface area contributed by atoms with Gasteiger partial charge in [-0.25, -0.2) is 4.79 Å². The first kappa shape index (κ1) is 17.4. The summed E-state index contributed by atoms with van der Waals surface area (Å²) in [5, 5.41) is 7.27. The zero-order valence-electron chi connectivity index (χ0n) is 13.2. The molecule has 5 heteroatoms. The van der Waals surface area contributed by atoms with Crippen molar-refractivity contribution >= 4 is 29.2 Å². The van der Waals surface area contributed by atoms with E-state index in [2.05, 4.69) is 10.6 Å². The fraction of sp³-hybridized carbons (Fsp3) is 0.588. The van der Waals surface area contributed by atoms with E-state index < -0.39 is 5.54 Å². The summed E-state index contributed by atoms with van der Waals surface area (Å²) in [5.74, 6) is 0. The molecule has 1 aromatic rings. The van der Waals surface area contributed by atoms with Crippen LogP contribution in [0.5, 0.6) is 0 Å². The second-order valence-electron chi connectivity index (χ2n) is 6.57. The van der Waals surface area contributed by atoms with E-state index in [0.29, 0.717) is 10.0 Å². The lowest BCUT2D eigenvalue weighted by Crippen LogP contribution is -2.49. The fourth-order valence-corrected chi connectivity index (χ4v) is 3.44. The quantitative estimate of drug-likeness (QED) is 0.723. The van der Waals surface area contributed by atoms with E-state index in [4.69, 9.17) is 23.2 Å². The summed E-state index contributed by atoms with van der Waals surface area (Å²) in [6.45, 7) is 3.89. The second kappa shape index (κ2) is 7.56.